The molecule has 0 saturated heterocycles. The van der Waals surface area contributed by atoms with E-state index in [1.54, 1.807) is 19.4 Å². The summed E-state index contributed by atoms with van der Waals surface area (Å²) >= 11 is 0. The molecule has 0 fully saturated rings. The Bertz CT molecular complexity index is 1260. The number of hydrogen-bond donors (Lipinski definition) is 1. The summed E-state index contributed by atoms with van der Waals surface area (Å²) in [6.45, 7) is 2.57. The molecule has 0 heterocycles. The molecule has 0 aromatic heterocycles. The Balaban J connectivity index is 1.37. The third-order valence-corrected chi connectivity index (χ3v) is 5.06. The summed E-state index contributed by atoms with van der Waals surface area (Å²) in [5, 5.41) is 6.06. The summed E-state index contributed by atoms with van der Waals surface area (Å²) in [5.74, 6) is 0.946. The van der Waals surface area contributed by atoms with Gasteiger partial charge in [0.1, 0.15) is 18.1 Å². The van der Waals surface area contributed by atoms with E-state index in [0.29, 0.717) is 17.9 Å². The fraction of sp³-hybridized carbons (Fsp3) is 0.111. The van der Waals surface area contributed by atoms with E-state index in [-0.39, 0.29) is 5.91 Å². The molecular formula is C27H24N2O3. The molecule has 5 heteroatoms. The molecule has 0 radical (unpaired) electrons. The molecule has 1 N–H and O–H groups in total. The highest BCUT2D eigenvalue weighted by Crippen LogP contribution is 2.25. The predicted molar refractivity (Wildman–Crippen MR) is 128 cm³/mol. The normalized spacial score (nSPS) is 10.9. The van der Waals surface area contributed by atoms with Gasteiger partial charge in [-0.1, -0.05) is 54.1 Å². The first-order chi connectivity index (χ1) is 15.6. The zero-order chi connectivity index (χ0) is 22.3. The SMILES string of the molecule is COc1cc2ccccc2cc1C(=O)NN=Cc1ccc(OCc2cccc(C)c2)cc1. The van der Waals surface area contributed by atoms with Crippen molar-refractivity contribution in [3.05, 3.63) is 107 Å². The highest BCUT2D eigenvalue weighted by molar-refractivity contribution is 6.01. The lowest BCUT2D eigenvalue weighted by molar-refractivity contribution is 0.0952. The van der Waals surface area contributed by atoms with Crippen LogP contribution in [0.2, 0.25) is 0 Å². The second kappa shape index (κ2) is 9.79. The molecule has 160 valence electrons. The average molecular weight is 425 g/mol. The van der Waals surface area contributed by atoms with Crippen molar-refractivity contribution in [1.82, 2.24) is 5.43 Å². The van der Waals surface area contributed by atoms with Crippen molar-refractivity contribution in [2.45, 2.75) is 13.5 Å². The van der Waals surface area contributed by atoms with Crippen molar-refractivity contribution >= 4 is 22.9 Å². The fourth-order valence-corrected chi connectivity index (χ4v) is 3.41. The second-order valence-corrected chi connectivity index (χ2v) is 7.45. The predicted octanol–water partition coefficient (Wildman–Crippen LogP) is 5.50. The molecule has 0 bridgehead atoms. The van der Waals surface area contributed by atoms with Crippen LogP contribution in [0.5, 0.6) is 11.5 Å². The van der Waals surface area contributed by atoms with E-state index >= 15 is 0 Å². The van der Waals surface area contributed by atoms with Crippen LogP contribution in [-0.4, -0.2) is 19.2 Å². The number of rotatable bonds is 7. The number of hydrazone groups is 1. The van der Waals surface area contributed by atoms with Gasteiger partial charge in [0.15, 0.2) is 0 Å². The number of nitrogens with zero attached hydrogens (tertiary/aromatic N) is 1. The van der Waals surface area contributed by atoms with E-state index in [2.05, 4.69) is 29.6 Å². The van der Waals surface area contributed by atoms with E-state index in [1.165, 1.54) is 5.56 Å². The summed E-state index contributed by atoms with van der Waals surface area (Å²) in [6.07, 6.45) is 1.59. The lowest BCUT2D eigenvalue weighted by Gasteiger charge is -2.09. The molecule has 0 aliphatic heterocycles. The molecule has 4 rings (SSSR count). The summed E-state index contributed by atoms with van der Waals surface area (Å²) < 4.78 is 11.2. The van der Waals surface area contributed by atoms with Crippen molar-refractivity contribution in [3.8, 4) is 11.5 Å². The first-order valence-electron chi connectivity index (χ1n) is 10.3. The van der Waals surface area contributed by atoms with Crippen molar-refractivity contribution in [1.29, 1.82) is 0 Å². The molecule has 0 atom stereocenters. The number of carbonyl (C=O) groups excluding carboxylic acids is 1. The molecule has 0 spiro atoms. The minimum Gasteiger partial charge on any atom is -0.496 e. The van der Waals surface area contributed by atoms with Crippen LogP contribution in [0.15, 0.2) is 90.0 Å². The van der Waals surface area contributed by atoms with Crippen molar-refractivity contribution in [3.63, 3.8) is 0 Å². The third kappa shape index (κ3) is 5.13. The van der Waals surface area contributed by atoms with Crippen LogP contribution in [0.25, 0.3) is 10.8 Å². The van der Waals surface area contributed by atoms with E-state index < -0.39 is 0 Å². The highest BCUT2D eigenvalue weighted by Gasteiger charge is 2.13. The Kier molecular flexibility index (Phi) is 6.46. The Hall–Kier alpha value is -4.12. The standard InChI is InChI=1S/C27H24N2O3/c1-19-6-5-7-21(14-19)18-32-24-12-10-20(11-13-24)17-28-29-27(30)25-15-22-8-3-4-9-23(22)16-26(25)31-2/h3-17H,18H2,1-2H3,(H,29,30). The molecule has 0 aliphatic rings. The molecule has 0 unspecified atom stereocenters. The van der Waals surface area contributed by atoms with Gasteiger partial charge in [0.2, 0.25) is 0 Å². The van der Waals surface area contributed by atoms with E-state index in [4.69, 9.17) is 9.47 Å². The zero-order valence-electron chi connectivity index (χ0n) is 18.0. The number of hydrogen-bond acceptors (Lipinski definition) is 4. The Morgan fingerprint density at radius 2 is 1.69 bits per heavy atom. The largest absolute Gasteiger partial charge is 0.496 e. The molecular weight excluding hydrogens is 400 g/mol. The van der Waals surface area contributed by atoms with E-state index in [0.717, 1.165) is 27.6 Å². The minimum atomic E-state index is -0.332. The van der Waals surface area contributed by atoms with Crippen LogP contribution in [0.4, 0.5) is 0 Å². The monoisotopic (exact) mass is 424 g/mol. The Morgan fingerprint density at radius 3 is 2.41 bits per heavy atom. The van der Waals surface area contributed by atoms with Gasteiger partial charge in [-0.15, -0.1) is 0 Å². The van der Waals surface area contributed by atoms with Crippen LogP contribution < -0.4 is 14.9 Å². The third-order valence-electron chi connectivity index (χ3n) is 5.06. The summed E-state index contributed by atoms with van der Waals surface area (Å²) in [7, 11) is 1.55. The number of ether oxygens (including phenoxy) is 2. The Labute approximate surface area is 187 Å². The van der Waals surface area contributed by atoms with Crippen LogP contribution in [0.3, 0.4) is 0 Å². The number of fused-ring (bicyclic) bond motifs is 1. The number of amides is 1. The molecule has 32 heavy (non-hydrogen) atoms. The highest BCUT2D eigenvalue weighted by atomic mass is 16.5. The average Bonchev–Trinajstić information content (AvgIpc) is 2.82. The van der Waals surface area contributed by atoms with Gasteiger partial charge in [-0.05, 0) is 65.2 Å². The maximum absolute atomic E-state index is 12.6. The summed E-state index contributed by atoms with van der Waals surface area (Å²) in [5.41, 5.74) is 6.19. The number of nitrogens with one attached hydrogen (secondary N) is 1. The van der Waals surface area contributed by atoms with Gasteiger partial charge in [-0.25, -0.2) is 5.43 Å². The molecule has 1 amide bonds. The first-order valence-corrected chi connectivity index (χ1v) is 10.3. The van der Waals surface area contributed by atoms with Gasteiger partial charge in [0.05, 0.1) is 18.9 Å². The molecule has 0 saturated carbocycles. The smallest absolute Gasteiger partial charge is 0.275 e. The van der Waals surface area contributed by atoms with Crippen molar-refractivity contribution < 1.29 is 14.3 Å². The number of benzene rings is 4. The van der Waals surface area contributed by atoms with Gasteiger partial charge in [-0.2, -0.15) is 5.10 Å². The summed E-state index contributed by atoms with van der Waals surface area (Å²) in [4.78, 5) is 12.6. The van der Waals surface area contributed by atoms with Crippen LogP contribution in [0, 0.1) is 6.92 Å². The summed E-state index contributed by atoms with van der Waals surface area (Å²) in [6, 6.07) is 27.2. The number of carbonyl (C=O) groups is 1. The van der Waals surface area contributed by atoms with E-state index in [9.17, 15) is 4.79 Å². The van der Waals surface area contributed by atoms with Crippen molar-refractivity contribution in [2.75, 3.05) is 7.11 Å². The second-order valence-electron chi connectivity index (χ2n) is 7.45. The van der Waals surface area contributed by atoms with Crippen molar-refractivity contribution in [2.24, 2.45) is 5.10 Å². The van der Waals surface area contributed by atoms with E-state index in [1.807, 2.05) is 66.7 Å². The van der Waals surface area contributed by atoms with Crippen LogP contribution in [-0.2, 0) is 6.61 Å². The maximum atomic E-state index is 12.6. The molecule has 4 aromatic carbocycles. The van der Waals surface area contributed by atoms with Gasteiger partial charge in [0.25, 0.3) is 5.91 Å². The quantitative estimate of drug-likeness (QED) is 0.315. The molecule has 5 nitrogen and oxygen atoms in total. The van der Waals surface area contributed by atoms with Gasteiger partial charge < -0.3 is 9.47 Å². The zero-order valence-corrected chi connectivity index (χ0v) is 18.0. The molecule has 0 aliphatic carbocycles. The lowest BCUT2D eigenvalue weighted by atomic mass is 10.1. The maximum Gasteiger partial charge on any atom is 0.275 e. The van der Waals surface area contributed by atoms with Gasteiger partial charge in [0, 0.05) is 0 Å². The topological polar surface area (TPSA) is 59.9 Å². The Morgan fingerprint density at radius 1 is 0.938 bits per heavy atom. The van der Waals surface area contributed by atoms with Gasteiger partial charge >= 0.3 is 0 Å². The van der Waals surface area contributed by atoms with Crippen LogP contribution in [0.1, 0.15) is 27.0 Å². The lowest BCUT2D eigenvalue weighted by Crippen LogP contribution is -2.18. The number of aryl methyl sites for hydroxylation is 1. The fourth-order valence-electron chi connectivity index (χ4n) is 3.41. The van der Waals surface area contributed by atoms with Crippen LogP contribution >= 0.6 is 0 Å². The minimum absolute atomic E-state index is 0.332. The first kappa shape index (κ1) is 21.1. The van der Waals surface area contributed by atoms with Gasteiger partial charge in [-0.3, -0.25) is 4.79 Å². The number of methoxy groups -OCH3 is 1. The molecule has 4 aromatic rings.